The van der Waals surface area contributed by atoms with E-state index >= 15 is 0 Å². The molecule has 0 aromatic carbocycles. The van der Waals surface area contributed by atoms with E-state index in [9.17, 15) is 0 Å². The van der Waals surface area contributed by atoms with Gasteiger partial charge in [-0.15, -0.1) is 0 Å². The molecule has 1 fully saturated rings. The average molecular weight is 202 g/mol. The van der Waals surface area contributed by atoms with E-state index in [1.165, 1.54) is 10.9 Å². The molecule has 1 aliphatic heterocycles. The highest BCUT2D eigenvalue weighted by molar-refractivity contribution is 5.79. The zero-order valence-corrected chi connectivity index (χ0v) is 8.48. The summed E-state index contributed by atoms with van der Waals surface area (Å²) in [5.41, 5.74) is 8.03. The normalized spacial score (nSPS) is 18.2. The molecule has 0 radical (unpaired) electrons. The van der Waals surface area contributed by atoms with Crippen molar-refractivity contribution in [2.24, 2.45) is 5.73 Å². The Morgan fingerprint density at radius 2 is 2.40 bits per heavy atom. The summed E-state index contributed by atoms with van der Waals surface area (Å²) in [5, 5.41) is 1.22. The van der Waals surface area contributed by atoms with Crippen LogP contribution in [-0.4, -0.2) is 34.0 Å². The first-order chi connectivity index (χ1) is 7.33. The third-order valence-corrected chi connectivity index (χ3v) is 2.92. The van der Waals surface area contributed by atoms with Gasteiger partial charge in [0.25, 0.3) is 0 Å². The van der Waals surface area contributed by atoms with Crippen LogP contribution < -0.4 is 5.73 Å². The minimum Gasteiger partial charge on any atom is -0.346 e. The fraction of sp³-hybridized carbons (Fsp3) is 0.364. The SMILES string of the molecule is NC1CN(Cc2c[nH]c3ncccc23)C1. The highest BCUT2D eigenvalue weighted by atomic mass is 15.2. The molecule has 0 atom stereocenters. The van der Waals surface area contributed by atoms with Crippen LogP contribution in [-0.2, 0) is 6.54 Å². The Hall–Kier alpha value is -1.39. The van der Waals surface area contributed by atoms with Gasteiger partial charge in [-0.05, 0) is 17.7 Å². The lowest BCUT2D eigenvalue weighted by atomic mass is 10.1. The van der Waals surface area contributed by atoms with Crippen LogP contribution in [0.1, 0.15) is 5.56 Å². The molecule has 0 bridgehead atoms. The summed E-state index contributed by atoms with van der Waals surface area (Å²) >= 11 is 0. The lowest BCUT2D eigenvalue weighted by Crippen LogP contribution is -2.54. The Labute approximate surface area is 88.1 Å². The number of H-pyrrole nitrogens is 1. The number of rotatable bonds is 2. The molecule has 0 spiro atoms. The standard InChI is InChI=1S/C11H14N4/c12-9-6-15(7-9)5-8-4-14-11-10(8)2-1-3-13-11/h1-4,9H,5-7,12H2,(H,13,14). The van der Waals surface area contributed by atoms with Crippen LogP contribution in [0.3, 0.4) is 0 Å². The summed E-state index contributed by atoms with van der Waals surface area (Å²) in [7, 11) is 0. The molecule has 2 aromatic heterocycles. The van der Waals surface area contributed by atoms with Crippen LogP contribution in [0.25, 0.3) is 11.0 Å². The number of likely N-dealkylation sites (tertiary alicyclic amines) is 1. The monoisotopic (exact) mass is 202 g/mol. The molecule has 78 valence electrons. The molecule has 3 rings (SSSR count). The number of pyridine rings is 1. The van der Waals surface area contributed by atoms with E-state index < -0.39 is 0 Å². The van der Waals surface area contributed by atoms with Crippen molar-refractivity contribution in [3.05, 3.63) is 30.1 Å². The Bertz CT molecular complexity index is 470. The highest BCUT2D eigenvalue weighted by Gasteiger charge is 2.23. The second-order valence-electron chi connectivity index (χ2n) is 4.17. The number of fused-ring (bicyclic) bond motifs is 1. The Kier molecular flexibility index (Phi) is 1.97. The van der Waals surface area contributed by atoms with Crippen molar-refractivity contribution in [1.82, 2.24) is 14.9 Å². The van der Waals surface area contributed by atoms with E-state index in [0.717, 1.165) is 25.3 Å². The van der Waals surface area contributed by atoms with Crippen molar-refractivity contribution in [2.45, 2.75) is 12.6 Å². The quantitative estimate of drug-likeness (QED) is 0.754. The Morgan fingerprint density at radius 1 is 1.53 bits per heavy atom. The lowest BCUT2D eigenvalue weighted by molar-refractivity contribution is 0.143. The summed E-state index contributed by atoms with van der Waals surface area (Å²) in [6.45, 7) is 2.99. The minimum absolute atomic E-state index is 0.369. The van der Waals surface area contributed by atoms with Crippen LogP contribution in [0.2, 0.25) is 0 Å². The first-order valence-corrected chi connectivity index (χ1v) is 5.22. The van der Waals surface area contributed by atoms with E-state index in [-0.39, 0.29) is 0 Å². The molecule has 4 nitrogen and oxygen atoms in total. The summed E-state index contributed by atoms with van der Waals surface area (Å²) in [5.74, 6) is 0. The first kappa shape index (κ1) is 8.88. The third kappa shape index (κ3) is 1.52. The van der Waals surface area contributed by atoms with Gasteiger partial charge in [0.2, 0.25) is 0 Å². The van der Waals surface area contributed by atoms with Gasteiger partial charge in [0, 0.05) is 43.5 Å². The van der Waals surface area contributed by atoms with Gasteiger partial charge >= 0.3 is 0 Å². The summed E-state index contributed by atoms with van der Waals surface area (Å²) < 4.78 is 0. The average Bonchev–Trinajstić information content (AvgIpc) is 2.60. The maximum atomic E-state index is 5.75. The number of hydrogen-bond donors (Lipinski definition) is 2. The van der Waals surface area contributed by atoms with Gasteiger partial charge in [-0.3, -0.25) is 4.90 Å². The molecule has 2 aromatic rings. The molecule has 0 amide bonds. The molecule has 15 heavy (non-hydrogen) atoms. The van der Waals surface area contributed by atoms with Crippen molar-refractivity contribution < 1.29 is 0 Å². The zero-order chi connectivity index (χ0) is 10.3. The zero-order valence-electron chi connectivity index (χ0n) is 8.48. The van der Waals surface area contributed by atoms with Crippen LogP contribution in [0.15, 0.2) is 24.5 Å². The topological polar surface area (TPSA) is 57.9 Å². The number of nitrogens with two attached hydrogens (primary N) is 1. The van der Waals surface area contributed by atoms with Crippen LogP contribution in [0.4, 0.5) is 0 Å². The maximum absolute atomic E-state index is 5.75. The molecule has 0 unspecified atom stereocenters. The molecule has 3 heterocycles. The number of aromatic amines is 1. The van der Waals surface area contributed by atoms with Crippen LogP contribution in [0.5, 0.6) is 0 Å². The van der Waals surface area contributed by atoms with E-state index in [0.29, 0.717) is 6.04 Å². The van der Waals surface area contributed by atoms with Crippen LogP contribution in [0, 0.1) is 0 Å². The van der Waals surface area contributed by atoms with E-state index in [4.69, 9.17) is 5.73 Å². The largest absolute Gasteiger partial charge is 0.346 e. The van der Waals surface area contributed by atoms with Gasteiger partial charge in [-0.25, -0.2) is 4.98 Å². The Morgan fingerprint density at radius 3 is 3.20 bits per heavy atom. The predicted molar refractivity (Wildman–Crippen MR) is 59.3 cm³/mol. The number of hydrogen-bond acceptors (Lipinski definition) is 3. The molecular weight excluding hydrogens is 188 g/mol. The smallest absolute Gasteiger partial charge is 0.137 e. The van der Waals surface area contributed by atoms with Crippen molar-refractivity contribution in [1.29, 1.82) is 0 Å². The Balaban J connectivity index is 1.85. The molecule has 0 saturated carbocycles. The van der Waals surface area contributed by atoms with Crippen molar-refractivity contribution in [3.63, 3.8) is 0 Å². The van der Waals surface area contributed by atoms with E-state index in [1.807, 2.05) is 18.5 Å². The number of aromatic nitrogens is 2. The first-order valence-electron chi connectivity index (χ1n) is 5.22. The van der Waals surface area contributed by atoms with Gasteiger partial charge in [0.1, 0.15) is 5.65 Å². The third-order valence-electron chi connectivity index (χ3n) is 2.92. The molecular formula is C11H14N4. The fourth-order valence-electron chi connectivity index (χ4n) is 2.12. The lowest BCUT2D eigenvalue weighted by Gasteiger charge is -2.36. The molecule has 0 aliphatic carbocycles. The summed E-state index contributed by atoms with van der Waals surface area (Å²) in [4.78, 5) is 9.80. The fourth-order valence-corrected chi connectivity index (χ4v) is 2.12. The van der Waals surface area contributed by atoms with Crippen molar-refractivity contribution in [2.75, 3.05) is 13.1 Å². The second kappa shape index (κ2) is 3.32. The predicted octanol–water partition coefficient (Wildman–Crippen LogP) is 0.706. The second-order valence-corrected chi connectivity index (χ2v) is 4.17. The van der Waals surface area contributed by atoms with Gasteiger partial charge in [0.05, 0.1) is 0 Å². The van der Waals surface area contributed by atoms with Gasteiger partial charge in [-0.2, -0.15) is 0 Å². The molecule has 1 aliphatic rings. The molecule has 4 heteroatoms. The van der Waals surface area contributed by atoms with Gasteiger partial charge in [0.15, 0.2) is 0 Å². The molecule has 3 N–H and O–H groups in total. The summed E-state index contributed by atoms with van der Waals surface area (Å²) in [6.07, 6.45) is 3.85. The van der Waals surface area contributed by atoms with Crippen molar-refractivity contribution in [3.8, 4) is 0 Å². The summed E-state index contributed by atoms with van der Waals surface area (Å²) in [6, 6.07) is 4.45. The van der Waals surface area contributed by atoms with E-state index in [2.05, 4.69) is 20.9 Å². The van der Waals surface area contributed by atoms with Crippen LogP contribution >= 0.6 is 0 Å². The number of nitrogens with zero attached hydrogens (tertiary/aromatic N) is 2. The molecule has 1 saturated heterocycles. The van der Waals surface area contributed by atoms with Gasteiger partial charge in [-0.1, -0.05) is 0 Å². The highest BCUT2D eigenvalue weighted by Crippen LogP contribution is 2.19. The van der Waals surface area contributed by atoms with E-state index in [1.54, 1.807) is 0 Å². The van der Waals surface area contributed by atoms with Gasteiger partial charge < -0.3 is 10.7 Å². The maximum Gasteiger partial charge on any atom is 0.137 e. The minimum atomic E-state index is 0.369. The van der Waals surface area contributed by atoms with Crippen molar-refractivity contribution >= 4 is 11.0 Å². The number of nitrogens with one attached hydrogen (secondary N) is 1.